The summed E-state index contributed by atoms with van der Waals surface area (Å²) in [5, 5.41) is 3.39. The van der Waals surface area contributed by atoms with Crippen LogP contribution in [0.5, 0.6) is 0 Å². The summed E-state index contributed by atoms with van der Waals surface area (Å²) in [5.41, 5.74) is 0. The van der Waals surface area contributed by atoms with Crippen LogP contribution in [0, 0.1) is 17.8 Å². The molecule has 0 aromatic carbocycles. The molecule has 4 unspecified atom stereocenters. The third-order valence-electron chi connectivity index (χ3n) is 6.30. The maximum absolute atomic E-state index is 12.4. The zero-order valence-electron chi connectivity index (χ0n) is 12.0. The number of rotatable bonds is 2. The molecule has 4 atom stereocenters. The van der Waals surface area contributed by atoms with Crippen LogP contribution in [-0.2, 0) is 4.79 Å². The molecular formula is C16H26N2O. The summed E-state index contributed by atoms with van der Waals surface area (Å²) in [4.78, 5) is 14.9. The van der Waals surface area contributed by atoms with Gasteiger partial charge in [-0.1, -0.05) is 6.42 Å². The average molecular weight is 262 g/mol. The van der Waals surface area contributed by atoms with Crippen molar-refractivity contribution in [2.45, 2.75) is 69.5 Å². The minimum atomic E-state index is 0.350. The molecule has 3 nitrogen and oxygen atoms in total. The summed E-state index contributed by atoms with van der Waals surface area (Å²) in [5.74, 6) is 2.54. The van der Waals surface area contributed by atoms with Crippen LogP contribution in [0.1, 0.15) is 51.4 Å². The van der Waals surface area contributed by atoms with Crippen molar-refractivity contribution in [2.24, 2.45) is 17.8 Å². The molecule has 2 aliphatic carbocycles. The predicted molar refractivity (Wildman–Crippen MR) is 74.7 cm³/mol. The number of carbonyl (C=O) groups excluding carboxylic acids is 1. The number of nitrogens with one attached hydrogen (secondary N) is 1. The lowest BCUT2D eigenvalue weighted by molar-refractivity contribution is -0.126. The van der Waals surface area contributed by atoms with Crippen molar-refractivity contribution in [3.05, 3.63) is 0 Å². The zero-order valence-corrected chi connectivity index (χ0v) is 12.0. The molecule has 0 aromatic rings. The molecule has 19 heavy (non-hydrogen) atoms. The molecule has 2 saturated carbocycles. The van der Waals surface area contributed by atoms with Gasteiger partial charge < -0.3 is 10.2 Å². The fourth-order valence-corrected chi connectivity index (χ4v) is 4.98. The fourth-order valence-electron chi connectivity index (χ4n) is 4.98. The quantitative estimate of drug-likeness (QED) is 0.827. The molecule has 0 radical (unpaired) electrons. The van der Waals surface area contributed by atoms with Crippen molar-refractivity contribution in [1.82, 2.24) is 10.2 Å². The van der Waals surface area contributed by atoms with Gasteiger partial charge in [-0.05, 0) is 63.8 Å². The van der Waals surface area contributed by atoms with Crippen molar-refractivity contribution >= 4 is 5.91 Å². The van der Waals surface area contributed by atoms with Crippen molar-refractivity contribution in [1.29, 1.82) is 0 Å². The highest BCUT2D eigenvalue weighted by Crippen LogP contribution is 2.54. The predicted octanol–water partition coefficient (Wildman–Crippen LogP) is 2.16. The number of nitrogens with zero attached hydrogens (tertiary/aromatic N) is 1. The van der Waals surface area contributed by atoms with E-state index in [1.807, 2.05) is 0 Å². The van der Waals surface area contributed by atoms with Gasteiger partial charge in [0, 0.05) is 24.0 Å². The Labute approximate surface area is 116 Å². The van der Waals surface area contributed by atoms with Gasteiger partial charge in [0.05, 0.1) is 0 Å². The fraction of sp³-hybridized carbons (Fsp3) is 0.938. The molecule has 2 heterocycles. The van der Waals surface area contributed by atoms with Crippen LogP contribution in [-0.4, -0.2) is 36.0 Å². The van der Waals surface area contributed by atoms with E-state index in [-0.39, 0.29) is 0 Å². The van der Waals surface area contributed by atoms with Gasteiger partial charge in [-0.2, -0.15) is 0 Å². The molecule has 2 bridgehead atoms. The van der Waals surface area contributed by atoms with Crippen LogP contribution in [0.25, 0.3) is 0 Å². The summed E-state index contributed by atoms with van der Waals surface area (Å²) in [7, 11) is 2.27. The van der Waals surface area contributed by atoms with E-state index in [1.165, 1.54) is 51.4 Å². The Balaban J connectivity index is 1.34. The van der Waals surface area contributed by atoms with Crippen molar-refractivity contribution < 1.29 is 4.79 Å². The Morgan fingerprint density at radius 1 is 1.00 bits per heavy atom. The first kappa shape index (κ1) is 12.2. The molecule has 2 aliphatic heterocycles. The van der Waals surface area contributed by atoms with Crippen LogP contribution in [0.4, 0.5) is 0 Å². The van der Waals surface area contributed by atoms with Crippen LogP contribution < -0.4 is 5.32 Å². The lowest BCUT2D eigenvalue weighted by Gasteiger charge is -2.47. The van der Waals surface area contributed by atoms with Gasteiger partial charge in [0.2, 0.25) is 5.91 Å². The number of hydrogen-bond donors (Lipinski definition) is 1. The molecular weight excluding hydrogens is 236 g/mol. The Hall–Kier alpha value is -0.570. The van der Waals surface area contributed by atoms with Gasteiger partial charge in [0.25, 0.3) is 0 Å². The van der Waals surface area contributed by atoms with Crippen LogP contribution in [0.2, 0.25) is 0 Å². The molecule has 4 aliphatic rings. The highest BCUT2D eigenvalue weighted by molar-refractivity contribution is 5.79. The monoisotopic (exact) mass is 262 g/mol. The summed E-state index contributed by atoms with van der Waals surface area (Å²) < 4.78 is 0. The van der Waals surface area contributed by atoms with Gasteiger partial charge in [0.1, 0.15) is 0 Å². The number of carbonyl (C=O) groups is 1. The maximum atomic E-state index is 12.4. The Bertz CT molecular complexity index is 359. The molecule has 4 fully saturated rings. The van der Waals surface area contributed by atoms with E-state index in [4.69, 9.17) is 0 Å². The first-order chi connectivity index (χ1) is 9.20. The van der Waals surface area contributed by atoms with E-state index in [2.05, 4.69) is 17.3 Å². The van der Waals surface area contributed by atoms with Crippen LogP contribution >= 0.6 is 0 Å². The van der Waals surface area contributed by atoms with Crippen LogP contribution in [0.15, 0.2) is 0 Å². The number of piperidine rings is 2. The van der Waals surface area contributed by atoms with Gasteiger partial charge in [-0.3, -0.25) is 4.79 Å². The topological polar surface area (TPSA) is 32.3 Å². The molecule has 1 N–H and O–H groups in total. The van der Waals surface area contributed by atoms with Gasteiger partial charge >= 0.3 is 0 Å². The summed E-state index contributed by atoms with van der Waals surface area (Å²) in [6.07, 6.45) is 10.1. The Morgan fingerprint density at radius 3 is 2.26 bits per heavy atom. The van der Waals surface area contributed by atoms with E-state index in [0.29, 0.717) is 17.9 Å². The van der Waals surface area contributed by atoms with Gasteiger partial charge in [-0.25, -0.2) is 0 Å². The van der Waals surface area contributed by atoms with Crippen LogP contribution in [0.3, 0.4) is 0 Å². The molecule has 1 amide bonds. The van der Waals surface area contributed by atoms with E-state index < -0.39 is 0 Å². The third kappa shape index (κ3) is 2.20. The Morgan fingerprint density at radius 2 is 1.63 bits per heavy atom. The van der Waals surface area contributed by atoms with Crippen molar-refractivity contribution in [3.8, 4) is 0 Å². The summed E-state index contributed by atoms with van der Waals surface area (Å²) >= 11 is 0. The first-order valence-electron chi connectivity index (χ1n) is 8.23. The van der Waals surface area contributed by atoms with E-state index >= 15 is 0 Å². The summed E-state index contributed by atoms with van der Waals surface area (Å²) in [6.45, 7) is 0. The second kappa shape index (κ2) is 4.47. The average Bonchev–Trinajstić information content (AvgIpc) is 2.97. The number of fused-ring (bicyclic) bond motifs is 3. The SMILES string of the molecule is CN1C2CCCC1CC(NC(=O)C1CC3CC3C1)C2. The molecule has 0 spiro atoms. The lowest BCUT2D eigenvalue weighted by Crippen LogP contribution is -2.55. The van der Waals surface area contributed by atoms with Gasteiger partial charge in [0.15, 0.2) is 0 Å². The highest BCUT2D eigenvalue weighted by Gasteiger charge is 2.48. The van der Waals surface area contributed by atoms with E-state index in [9.17, 15) is 4.79 Å². The van der Waals surface area contributed by atoms with E-state index in [0.717, 1.165) is 23.9 Å². The standard InChI is InChI=1S/C16H26N2O/c1-18-14-3-2-4-15(18)9-13(8-14)17-16(19)12-6-10-5-11(10)7-12/h10-15H,2-9H2,1H3,(H,17,19). The van der Waals surface area contributed by atoms with Gasteiger partial charge in [-0.15, -0.1) is 0 Å². The largest absolute Gasteiger partial charge is 0.353 e. The van der Waals surface area contributed by atoms with Crippen molar-refractivity contribution in [3.63, 3.8) is 0 Å². The number of amides is 1. The molecule has 4 rings (SSSR count). The van der Waals surface area contributed by atoms with E-state index in [1.54, 1.807) is 0 Å². The Kier molecular flexibility index (Phi) is 2.87. The molecule has 3 heteroatoms. The second-order valence-electron chi connectivity index (χ2n) is 7.51. The minimum Gasteiger partial charge on any atom is -0.353 e. The molecule has 2 saturated heterocycles. The first-order valence-corrected chi connectivity index (χ1v) is 8.23. The third-order valence-corrected chi connectivity index (χ3v) is 6.30. The number of hydrogen-bond acceptors (Lipinski definition) is 2. The molecule has 106 valence electrons. The van der Waals surface area contributed by atoms with Crippen molar-refractivity contribution in [2.75, 3.05) is 7.05 Å². The second-order valence-corrected chi connectivity index (χ2v) is 7.51. The minimum absolute atomic E-state index is 0.350. The zero-order chi connectivity index (χ0) is 13.0. The normalized spacial score (nSPS) is 48.7. The lowest BCUT2D eigenvalue weighted by atomic mass is 9.82. The summed E-state index contributed by atoms with van der Waals surface area (Å²) in [6, 6.07) is 1.89. The molecule has 0 aromatic heterocycles. The highest BCUT2D eigenvalue weighted by atomic mass is 16.2. The smallest absolute Gasteiger partial charge is 0.223 e. The maximum Gasteiger partial charge on any atom is 0.223 e.